The largest absolute Gasteiger partial charge is 0.366 e. The molecule has 3 rings (SSSR count). The molecule has 0 aliphatic carbocycles. The maximum absolute atomic E-state index is 13.0. The van der Waals surface area contributed by atoms with Crippen molar-refractivity contribution in [2.24, 2.45) is 5.73 Å². The predicted octanol–water partition coefficient (Wildman–Crippen LogP) is 3.73. The second-order valence-corrected chi connectivity index (χ2v) is 7.54. The molecular weight excluding hydrogens is 414 g/mol. The normalized spacial score (nSPS) is 11.4. The average Bonchev–Trinajstić information content (AvgIpc) is 2.74. The number of carbonyl (C=O) groups excluding carboxylic acids is 3. The van der Waals surface area contributed by atoms with Crippen LogP contribution >= 0.6 is 11.6 Å². The molecule has 3 aromatic carbocycles. The lowest BCUT2D eigenvalue weighted by molar-refractivity contribution is -0.118. The Kier molecular flexibility index (Phi) is 7.05. The quantitative estimate of drug-likeness (QED) is 0.527. The summed E-state index contributed by atoms with van der Waals surface area (Å²) in [6.45, 7) is 1.74. The smallest absolute Gasteiger partial charge is 0.251 e. The summed E-state index contributed by atoms with van der Waals surface area (Å²) < 4.78 is 0. The third-order valence-corrected chi connectivity index (χ3v) is 5.02. The fourth-order valence-electron chi connectivity index (χ4n) is 3.15. The number of amides is 3. The van der Waals surface area contributed by atoms with E-state index in [1.807, 2.05) is 30.3 Å². The van der Waals surface area contributed by atoms with Gasteiger partial charge in [-0.15, -0.1) is 0 Å². The van der Waals surface area contributed by atoms with E-state index < -0.39 is 11.9 Å². The molecule has 31 heavy (non-hydrogen) atoms. The Balaban J connectivity index is 1.80. The van der Waals surface area contributed by atoms with Crippen molar-refractivity contribution in [2.45, 2.75) is 19.4 Å². The standard InChI is InChI=1S/C24H22ClN3O3/c1-15-13-19(11-12-20(15)22(26)29)27-24(31)21(14-16-5-3-2-4-6-16)28-23(30)17-7-9-18(25)10-8-17/h2-13,21H,14H2,1H3,(H2,26,29)(H,27,31)(H,28,30). The van der Waals surface area contributed by atoms with E-state index in [-0.39, 0.29) is 11.8 Å². The summed E-state index contributed by atoms with van der Waals surface area (Å²) in [6.07, 6.45) is 0.310. The van der Waals surface area contributed by atoms with E-state index in [0.29, 0.717) is 33.8 Å². The van der Waals surface area contributed by atoms with Gasteiger partial charge in [0.1, 0.15) is 6.04 Å². The SMILES string of the molecule is Cc1cc(NC(=O)C(Cc2ccccc2)NC(=O)c2ccc(Cl)cc2)ccc1C(N)=O. The fourth-order valence-corrected chi connectivity index (χ4v) is 3.28. The van der Waals surface area contributed by atoms with Gasteiger partial charge in [-0.05, 0) is 60.5 Å². The number of hydrogen-bond donors (Lipinski definition) is 3. The van der Waals surface area contributed by atoms with E-state index in [9.17, 15) is 14.4 Å². The van der Waals surface area contributed by atoms with Gasteiger partial charge in [-0.25, -0.2) is 0 Å². The van der Waals surface area contributed by atoms with Crippen LogP contribution in [0.4, 0.5) is 5.69 Å². The third-order valence-electron chi connectivity index (χ3n) is 4.77. The summed E-state index contributed by atoms with van der Waals surface area (Å²) in [6, 6.07) is 19.8. The van der Waals surface area contributed by atoms with E-state index in [1.165, 1.54) is 0 Å². The Morgan fingerprint density at radius 3 is 2.26 bits per heavy atom. The molecule has 7 heteroatoms. The molecule has 0 fully saturated rings. The summed E-state index contributed by atoms with van der Waals surface area (Å²) in [5, 5.41) is 6.12. The first-order chi connectivity index (χ1) is 14.8. The van der Waals surface area contributed by atoms with Crippen LogP contribution < -0.4 is 16.4 Å². The van der Waals surface area contributed by atoms with E-state index in [0.717, 1.165) is 5.56 Å². The van der Waals surface area contributed by atoms with Gasteiger partial charge in [0, 0.05) is 28.3 Å². The number of hydrogen-bond acceptors (Lipinski definition) is 3. The second-order valence-electron chi connectivity index (χ2n) is 7.11. The molecule has 0 saturated heterocycles. The maximum atomic E-state index is 13.0. The zero-order chi connectivity index (χ0) is 22.4. The van der Waals surface area contributed by atoms with Crippen molar-refractivity contribution < 1.29 is 14.4 Å². The number of halogens is 1. The predicted molar refractivity (Wildman–Crippen MR) is 121 cm³/mol. The van der Waals surface area contributed by atoms with Gasteiger partial charge in [-0.2, -0.15) is 0 Å². The van der Waals surface area contributed by atoms with Crippen molar-refractivity contribution in [3.63, 3.8) is 0 Å². The van der Waals surface area contributed by atoms with E-state index in [2.05, 4.69) is 10.6 Å². The van der Waals surface area contributed by atoms with Crippen molar-refractivity contribution in [1.82, 2.24) is 5.32 Å². The third kappa shape index (κ3) is 5.93. The molecule has 3 aromatic rings. The van der Waals surface area contributed by atoms with Crippen LogP contribution in [0.1, 0.15) is 31.8 Å². The molecule has 0 aliphatic rings. The first kappa shape index (κ1) is 22.1. The lowest BCUT2D eigenvalue weighted by atomic mass is 10.0. The number of anilines is 1. The number of rotatable bonds is 7. The Morgan fingerprint density at radius 1 is 0.968 bits per heavy atom. The average molecular weight is 436 g/mol. The minimum Gasteiger partial charge on any atom is -0.366 e. The highest BCUT2D eigenvalue weighted by molar-refractivity contribution is 6.30. The number of nitrogens with two attached hydrogens (primary N) is 1. The zero-order valence-corrected chi connectivity index (χ0v) is 17.6. The van der Waals surface area contributed by atoms with Gasteiger partial charge >= 0.3 is 0 Å². The lowest BCUT2D eigenvalue weighted by Crippen LogP contribution is -2.45. The van der Waals surface area contributed by atoms with Crippen LogP contribution in [-0.4, -0.2) is 23.8 Å². The fraction of sp³-hybridized carbons (Fsp3) is 0.125. The Morgan fingerprint density at radius 2 is 1.65 bits per heavy atom. The molecule has 1 atom stereocenters. The Bertz CT molecular complexity index is 1100. The molecule has 4 N–H and O–H groups in total. The summed E-state index contributed by atoms with van der Waals surface area (Å²) in [5.41, 5.74) is 8.18. The van der Waals surface area contributed by atoms with Crippen LogP contribution in [0, 0.1) is 6.92 Å². The molecule has 3 amide bonds. The van der Waals surface area contributed by atoms with Crippen LogP contribution in [0.2, 0.25) is 5.02 Å². The number of primary amides is 1. The molecule has 6 nitrogen and oxygen atoms in total. The minimum absolute atomic E-state index is 0.310. The van der Waals surface area contributed by atoms with Crippen molar-refractivity contribution >= 4 is 35.0 Å². The van der Waals surface area contributed by atoms with Gasteiger partial charge in [0.25, 0.3) is 5.91 Å². The molecule has 0 spiro atoms. The number of aryl methyl sites for hydroxylation is 1. The van der Waals surface area contributed by atoms with Crippen LogP contribution in [0.5, 0.6) is 0 Å². The van der Waals surface area contributed by atoms with Crippen molar-refractivity contribution in [3.05, 3.63) is 100 Å². The lowest BCUT2D eigenvalue weighted by Gasteiger charge is -2.19. The molecule has 158 valence electrons. The Hall–Kier alpha value is -3.64. The first-order valence-electron chi connectivity index (χ1n) is 9.65. The van der Waals surface area contributed by atoms with E-state index >= 15 is 0 Å². The van der Waals surface area contributed by atoms with Crippen LogP contribution in [0.3, 0.4) is 0 Å². The molecule has 1 unspecified atom stereocenters. The number of nitrogens with one attached hydrogen (secondary N) is 2. The highest BCUT2D eigenvalue weighted by Crippen LogP contribution is 2.16. The van der Waals surface area contributed by atoms with Gasteiger partial charge < -0.3 is 16.4 Å². The van der Waals surface area contributed by atoms with E-state index in [4.69, 9.17) is 17.3 Å². The molecule has 0 aliphatic heterocycles. The number of carbonyl (C=O) groups is 3. The van der Waals surface area contributed by atoms with Gasteiger partial charge in [-0.3, -0.25) is 14.4 Å². The molecule has 0 saturated carbocycles. The van der Waals surface area contributed by atoms with Crippen LogP contribution in [0.25, 0.3) is 0 Å². The van der Waals surface area contributed by atoms with Crippen LogP contribution in [-0.2, 0) is 11.2 Å². The van der Waals surface area contributed by atoms with Crippen molar-refractivity contribution in [2.75, 3.05) is 5.32 Å². The van der Waals surface area contributed by atoms with Gasteiger partial charge in [0.2, 0.25) is 11.8 Å². The topological polar surface area (TPSA) is 101 Å². The summed E-state index contributed by atoms with van der Waals surface area (Å²) >= 11 is 5.89. The molecule has 0 radical (unpaired) electrons. The van der Waals surface area contributed by atoms with Gasteiger partial charge in [0.15, 0.2) is 0 Å². The zero-order valence-electron chi connectivity index (χ0n) is 16.9. The highest BCUT2D eigenvalue weighted by Gasteiger charge is 2.22. The molecule has 0 heterocycles. The Labute approximate surface area is 185 Å². The van der Waals surface area contributed by atoms with Crippen molar-refractivity contribution in [1.29, 1.82) is 0 Å². The van der Waals surface area contributed by atoms with Crippen molar-refractivity contribution in [3.8, 4) is 0 Å². The summed E-state index contributed by atoms with van der Waals surface area (Å²) in [5.74, 6) is -1.29. The number of benzene rings is 3. The molecule has 0 aromatic heterocycles. The summed E-state index contributed by atoms with van der Waals surface area (Å²) in [7, 11) is 0. The minimum atomic E-state index is -0.818. The van der Waals surface area contributed by atoms with Crippen LogP contribution in [0.15, 0.2) is 72.8 Å². The maximum Gasteiger partial charge on any atom is 0.251 e. The second kappa shape index (κ2) is 9.91. The van der Waals surface area contributed by atoms with Gasteiger partial charge in [0.05, 0.1) is 0 Å². The van der Waals surface area contributed by atoms with E-state index in [1.54, 1.807) is 49.4 Å². The monoisotopic (exact) mass is 435 g/mol. The molecular formula is C24H22ClN3O3. The van der Waals surface area contributed by atoms with Gasteiger partial charge in [-0.1, -0.05) is 41.9 Å². The summed E-state index contributed by atoms with van der Waals surface area (Å²) in [4.78, 5) is 37.2. The molecule has 0 bridgehead atoms. The highest BCUT2D eigenvalue weighted by atomic mass is 35.5. The first-order valence-corrected chi connectivity index (χ1v) is 10.0.